The van der Waals surface area contributed by atoms with Crippen LogP contribution >= 0.6 is 11.9 Å². The smallest absolute Gasteiger partial charge is 0.359 e. The molecular formula is C15H14N2O6S. The van der Waals surface area contributed by atoms with E-state index in [1.165, 1.54) is 21.3 Å². The van der Waals surface area contributed by atoms with E-state index in [2.05, 4.69) is 14.6 Å². The van der Waals surface area contributed by atoms with Crippen LogP contribution in [0.2, 0.25) is 0 Å². The fraction of sp³-hybridized carbons (Fsp3) is 0.200. The first-order valence-corrected chi connectivity index (χ1v) is 7.41. The first-order valence-electron chi connectivity index (χ1n) is 6.63. The molecule has 8 nitrogen and oxygen atoms in total. The molecule has 0 N–H and O–H groups in total. The molecule has 1 heterocycles. The monoisotopic (exact) mass is 350 g/mol. The Morgan fingerprint density at radius 2 is 1.75 bits per heavy atom. The highest BCUT2D eigenvalue weighted by molar-refractivity contribution is 8.02. The second kappa shape index (κ2) is 7.64. The van der Waals surface area contributed by atoms with E-state index >= 15 is 0 Å². The predicted molar refractivity (Wildman–Crippen MR) is 86.3 cm³/mol. The average molecular weight is 350 g/mol. The van der Waals surface area contributed by atoms with Crippen molar-refractivity contribution in [2.24, 2.45) is 5.10 Å². The lowest BCUT2D eigenvalue weighted by Crippen LogP contribution is -2.18. The van der Waals surface area contributed by atoms with Gasteiger partial charge in [0.1, 0.15) is 5.75 Å². The third-order valence-electron chi connectivity index (χ3n) is 2.95. The summed E-state index contributed by atoms with van der Waals surface area (Å²) in [6, 6.07) is 6.39. The number of hydrogen-bond donors (Lipinski definition) is 0. The number of nitrogens with zero attached hydrogens (tertiary/aromatic N) is 2. The maximum atomic E-state index is 12.5. The molecule has 1 aliphatic rings. The lowest BCUT2D eigenvalue weighted by atomic mass is 10.2. The Balaban J connectivity index is 2.28. The molecule has 0 aromatic heterocycles. The molecule has 126 valence electrons. The number of carbonyl (C=O) groups is 3. The maximum Gasteiger partial charge on any atom is 0.359 e. The van der Waals surface area contributed by atoms with E-state index in [9.17, 15) is 14.4 Å². The molecule has 0 saturated heterocycles. The van der Waals surface area contributed by atoms with Gasteiger partial charge in [0.25, 0.3) is 5.91 Å². The Kier molecular flexibility index (Phi) is 5.59. The van der Waals surface area contributed by atoms with Crippen LogP contribution in [0.3, 0.4) is 0 Å². The van der Waals surface area contributed by atoms with Crippen molar-refractivity contribution in [1.82, 2.24) is 4.41 Å². The molecule has 1 aromatic rings. The van der Waals surface area contributed by atoms with E-state index < -0.39 is 17.8 Å². The molecule has 0 radical (unpaired) electrons. The van der Waals surface area contributed by atoms with Crippen molar-refractivity contribution >= 4 is 35.5 Å². The third kappa shape index (κ3) is 3.74. The highest BCUT2D eigenvalue weighted by Gasteiger charge is 2.32. The normalized spacial score (nSPS) is 15.0. The summed E-state index contributed by atoms with van der Waals surface area (Å²) in [7, 11) is 3.90. The van der Waals surface area contributed by atoms with Crippen molar-refractivity contribution in [1.29, 1.82) is 0 Å². The molecule has 1 aliphatic heterocycles. The molecule has 0 atom stereocenters. The molecule has 0 spiro atoms. The first kappa shape index (κ1) is 17.5. The van der Waals surface area contributed by atoms with E-state index in [0.29, 0.717) is 11.3 Å². The van der Waals surface area contributed by atoms with Crippen LogP contribution < -0.4 is 4.74 Å². The third-order valence-corrected chi connectivity index (χ3v) is 3.88. The van der Waals surface area contributed by atoms with Gasteiger partial charge in [0.05, 0.1) is 26.2 Å². The zero-order valence-electron chi connectivity index (χ0n) is 13.1. The zero-order chi connectivity index (χ0) is 17.7. The molecule has 2 rings (SSSR count). The van der Waals surface area contributed by atoms with E-state index in [-0.39, 0.29) is 10.6 Å². The van der Waals surface area contributed by atoms with E-state index in [0.717, 1.165) is 22.4 Å². The Labute approximate surface area is 142 Å². The summed E-state index contributed by atoms with van der Waals surface area (Å²) >= 11 is 0.827. The van der Waals surface area contributed by atoms with Crippen LogP contribution in [0.1, 0.15) is 10.4 Å². The van der Waals surface area contributed by atoms with Gasteiger partial charge in [-0.3, -0.25) is 4.79 Å². The number of rotatable bonds is 4. The number of methoxy groups -OCH3 is 3. The minimum absolute atomic E-state index is 0.144. The molecule has 9 heteroatoms. The number of esters is 2. The van der Waals surface area contributed by atoms with E-state index in [4.69, 9.17) is 4.74 Å². The standard InChI is InChI=1S/C15H14N2O6S/c1-21-10-6-4-9(5-7-10)14(19)17-16-13(15(20)23-3)11(24-17)8-12(18)22-2/h4-8H,1-3H3. The van der Waals surface area contributed by atoms with Gasteiger partial charge in [-0.1, -0.05) is 0 Å². The number of carbonyl (C=O) groups excluding carboxylic acids is 3. The first-order chi connectivity index (χ1) is 11.5. The molecule has 0 unspecified atom stereocenters. The SMILES string of the molecule is COC(=O)C=C1SN(C(=O)c2ccc(OC)cc2)N=C1C(=O)OC. The zero-order valence-corrected chi connectivity index (χ0v) is 14.0. The van der Waals surface area contributed by atoms with Crippen LogP contribution in [0.5, 0.6) is 5.75 Å². The summed E-state index contributed by atoms with van der Waals surface area (Å²) in [6.45, 7) is 0. The van der Waals surface area contributed by atoms with Gasteiger partial charge in [0.2, 0.25) is 0 Å². The van der Waals surface area contributed by atoms with Crippen molar-refractivity contribution in [3.05, 3.63) is 40.8 Å². The fourth-order valence-electron chi connectivity index (χ4n) is 1.73. The van der Waals surface area contributed by atoms with Crippen molar-refractivity contribution in [2.75, 3.05) is 21.3 Å². The lowest BCUT2D eigenvalue weighted by Gasteiger charge is -2.10. The molecule has 0 bridgehead atoms. The van der Waals surface area contributed by atoms with Crippen LogP contribution in [-0.4, -0.2) is 49.3 Å². The molecular weight excluding hydrogens is 336 g/mol. The van der Waals surface area contributed by atoms with E-state index in [1.54, 1.807) is 24.3 Å². The second-order valence-corrected chi connectivity index (χ2v) is 5.34. The minimum Gasteiger partial charge on any atom is -0.497 e. The molecule has 0 aliphatic carbocycles. The molecule has 1 amide bonds. The van der Waals surface area contributed by atoms with Crippen LogP contribution in [0.4, 0.5) is 0 Å². The van der Waals surface area contributed by atoms with Gasteiger partial charge in [-0.05, 0) is 24.3 Å². The Morgan fingerprint density at radius 1 is 1.08 bits per heavy atom. The highest BCUT2D eigenvalue weighted by Crippen LogP contribution is 2.32. The van der Waals surface area contributed by atoms with Crippen LogP contribution in [0, 0.1) is 0 Å². The Hall–Kier alpha value is -2.81. The molecule has 1 aromatic carbocycles. The Bertz CT molecular complexity index is 726. The van der Waals surface area contributed by atoms with Crippen LogP contribution in [0.15, 0.2) is 40.3 Å². The number of ether oxygens (including phenoxy) is 3. The van der Waals surface area contributed by atoms with Gasteiger partial charge in [0.15, 0.2) is 5.71 Å². The summed E-state index contributed by atoms with van der Waals surface area (Å²) < 4.78 is 15.2. The van der Waals surface area contributed by atoms with E-state index in [1.807, 2.05) is 0 Å². The van der Waals surface area contributed by atoms with Gasteiger partial charge >= 0.3 is 11.9 Å². The van der Waals surface area contributed by atoms with Gasteiger partial charge in [-0.15, -0.1) is 5.10 Å². The number of hydrazone groups is 1. The largest absolute Gasteiger partial charge is 0.497 e. The summed E-state index contributed by atoms with van der Waals surface area (Å²) in [5, 5.41) is 3.93. The van der Waals surface area contributed by atoms with Crippen LogP contribution in [-0.2, 0) is 19.1 Å². The average Bonchev–Trinajstić information content (AvgIpc) is 3.04. The van der Waals surface area contributed by atoms with Gasteiger partial charge in [-0.2, -0.15) is 4.41 Å². The number of amides is 1. The molecule has 24 heavy (non-hydrogen) atoms. The quantitative estimate of drug-likeness (QED) is 0.460. The number of hydrogen-bond acceptors (Lipinski definition) is 8. The molecule has 0 saturated carbocycles. The van der Waals surface area contributed by atoms with Gasteiger partial charge < -0.3 is 14.2 Å². The van der Waals surface area contributed by atoms with Gasteiger partial charge in [-0.25, -0.2) is 9.59 Å². The summed E-state index contributed by atoms with van der Waals surface area (Å²) in [5.74, 6) is -1.29. The summed E-state index contributed by atoms with van der Waals surface area (Å²) in [5.41, 5.74) is 0.199. The summed E-state index contributed by atoms with van der Waals surface area (Å²) in [6.07, 6.45) is 1.07. The van der Waals surface area contributed by atoms with Gasteiger partial charge in [0, 0.05) is 23.6 Å². The topological polar surface area (TPSA) is 94.5 Å². The second-order valence-electron chi connectivity index (χ2n) is 4.37. The predicted octanol–water partition coefficient (Wildman–Crippen LogP) is 1.39. The van der Waals surface area contributed by atoms with Crippen molar-refractivity contribution < 1.29 is 28.6 Å². The fourth-order valence-corrected chi connectivity index (χ4v) is 2.58. The highest BCUT2D eigenvalue weighted by atomic mass is 32.2. The maximum absolute atomic E-state index is 12.5. The minimum atomic E-state index is -0.761. The lowest BCUT2D eigenvalue weighted by molar-refractivity contribution is -0.134. The van der Waals surface area contributed by atoms with Crippen molar-refractivity contribution in [3.63, 3.8) is 0 Å². The van der Waals surface area contributed by atoms with Crippen molar-refractivity contribution in [2.45, 2.75) is 0 Å². The summed E-state index contributed by atoms with van der Waals surface area (Å²) in [4.78, 5) is 35.8. The molecule has 0 fully saturated rings. The van der Waals surface area contributed by atoms with Crippen LogP contribution in [0.25, 0.3) is 0 Å². The Morgan fingerprint density at radius 3 is 2.29 bits per heavy atom. The van der Waals surface area contributed by atoms with Crippen molar-refractivity contribution in [3.8, 4) is 5.75 Å². The number of benzene rings is 1.